The summed E-state index contributed by atoms with van der Waals surface area (Å²) in [5, 5.41) is 0. The third-order valence-electron chi connectivity index (χ3n) is 4.20. The smallest absolute Gasteiger partial charge is 0.267 e. The molecule has 158 valence electrons. The number of halogens is 1. The van der Waals surface area contributed by atoms with Gasteiger partial charge in [0.25, 0.3) is 15.9 Å². The zero-order valence-electron chi connectivity index (χ0n) is 17.1. The molecule has 3 rings (SSSR count). The Balaban J connectivity index is 1.91. The van der Waals surface area contributed by atoms with Crippen LogP contribution in [0.15, 0.2) is 99.9 Å². The number of nitrogens with one attached hydrogen (secondary N) is 1. The van der Waals surface area contributed by atoms with Crippen LogP contribution in [0.4, 0.5) is 0 Å². The first kappa shape index (κ1) is 23.1. The van der Waals surface area contributed by atoms with E-state index in [0.717, 1.165) is 15.6 Å². The van der Waals surface area contributed by atoms with Gasteiger partial charge in [0.05, 0.1) is 10.5 Å². The lowest BCUT2D eigenvalue weighted by Crippen LogP contribution is -2.31. The lowest BCUT2D eigenvalue weighted by Gasteiger charge is -2.06. The Kier molecular flexibility index (Phi) is 7.68. The molecule has 6 heteroatoms. The number of rotatable bonds is 3. The molecule has 3 aromatic carbocycles. The minimum absolute atomic E-state index is 0.00670. The summed E-state index contributed by atoms with van der Waals surface area (Å²) in [6.07, 6.45) is 1.32. The summed E-state index contributed by atoms with van der Waals surface area (Å²) in [5.41, 5.74) is 2.28. The van der Waals surface area contributed by atoms with Crippen LogP contribution in [0.2, 0.25) is 0 Å². The molecule has 0 bridgehead atoms. The summed E-state index contributed by atoms with van der Waals surface area (Å²) >= 11 is 3.36. The molecule has 0 radical (unpaired) electrons. The van der Waals surface area contributed by atoms with Crippen molar-refractivity contribution < 1.29 is 13.2 Å². The molecule has 0 fully saturated rings. The monoisotopic (exact) mass is 503 g/mol. The van der Waals surface area contributed by atoms with Gasteiger partial charge in [-0.05, 0) is 55.5 Å². The highest BCUT2D eigenvalue weighted by molar-refractivity contribution is 9.10. The lowest BCUT2D eigenvalue weighted by molar-refractivity contribution is -0.115. The third-order valence-corrected chi connectivity index (χ3v) is 6.07. The van der Waals surface area contributed by atoms with Crippen molar-refractivity contribution in [3.8, 4) is 23.7 Å². The second-order valence-electron chi connectivity index (χ2n) is 6.70. The molecule has 4 nitrogen and oxygen atoms in total. The van der Waals surface area contributed by atoms with E-state index < -0.39 is 15.9 Å². The van der Waals surface area contributed by atoms with E-state index in [1.165, 1.54) is 18.2 Å². The highest BCUT2D eigenvalue weighted by Crippen LogP contribution is 2.11. The van der Waals surface area contributed by atoms with E-state index >= 15 is 0 Å². The second-order valence-corrected chi connectivity index (χ2v) is 9.30. The largest absolute Gasteiger partial charge is 0.274 e. The van der Waals surface area contributed by atoms with Gasteiger partial charge in [-0.1, -0.05) is 75.5 Å². The van der Waals surface area contributed by atoms with Crippen molar-refractivity contribution in [1.82, 2.24) is 4.72 Å². The highest BCUT2D eigenvalue weighted by atomic mass is 79.9. The summed E-state index contributed by atoms with van der Waals surface area (Å²) in [6.45, 7) is 1.85. The van der Waals surface area contributed by atoms with Gasteiger partial charge in [-0.2, -0.15) is 0 Å². The Morgan fingerprint density at radius 3 is 2.16 bits per heavy atom. The van der Waals surface area contributed by atoms with Crippen LogP contribution in [0.5, 0.6) is 0 Å². The van der Waals surface area contributed by atoms with E-state index in [1.807, 2.05) is 49.4 Å². The van der Waals surface area contributed by atoms with E-state index in [-0.39, 0.29) is 10.5 Å². The van der Waals surface area contributed by atoms with Gasteiger partial charge in [-0.15, -0.1) is 0 Å². The van der Waals surface area contributed by atoms with Crippen LogP contribution in [0, 0.1) is 30.6 Å². The standard InChI is InChI=1S/C26H18BrNO3S/c1-20-10-18-25(19-11-20)32(30,31)28-26(29)23(15-12-21-6-3-2-4-7-21)9-5-8-22-13-16-24(27)17-14-22/h2-4,6-7,9-11,13-14,16-19H,1H3,(H,28,29)/b23-9+. The van der Waals surface area contributed by atoms with Crippen LogP contribution in [0.25, 0.3) is 0 Å². The van der Waals surface area contributed by atoms with Gasteiger partial charge in [-0.3, -0.25) is 4.79 Å². The van der Waals surface area contributed by atoms with E-state index in [9.17, 15) is 13.2 Å². The lowest BCUT2D eigenvalue weighted by atomic mass is 10.2. The molecule has 0 aromatic heterocycles. The number of aryl methyl sites for hydroxylation is 1. The van der Waals surface area contributed by atoms with Gasteiger partial charge in [0.2, 0.25) is 0 Å². The first-order valence-electron chi connectivity index (χ1n) is 9.52. The van der Waals surface area contributed by atoms with E-state index in [1.54, 1.807) is 24.3 Å². The summed E-state index contributed by atoms with van der Waals surface area (Å²) < 4.78 is 28.2. The summed E-state index contributed by atoms with van der Waals surface area (Å²) in [6, 6.07) is 22.6. The molecule has 0 aliphatic heterocycles. The van der Waals surface area contributed by atoms with Crippen molar-refractivity contribution >= 4 is 31.9 Å². The molecule has 3 aromatic rings. The normalized spacial score (nSPS) is 10.9. The molecule has 0 heterocycles. The number of hydrogen-bond donors (Lipinski definition) is 1. The maximum Gasteiger partial charge on any atom is 0.274 e. The van der Waals surface area contributed by atoms with Crippen molar-refractivity contribution in [3.63, 3.8) is 0 Å². The Bertz CT molecular complexity index is 1370. The third kappa shape index (κ3) is 6.72. The molecule has 0 aliphatic rings. The molecular weight excluding hydrogens is 486 g/mol. The number of carbonyl (C=O) groups excluding carboxylic acids is 1. The maximum atomic E-state index is 12.8. The zero-order valence-corrected chi connectivity index (χ0v) is 19.5. The fourth-order valence-corrected chi connectivity index (χ4v) is 3.73. The van der Waals surface area contributed by atoms with Crippen LogP contribution in [-0.4, -0.2) is 14.3 Å². The quantitative estimate of drug-likeness (QED) is 0.419. The first-order valence-corrected chi connectivity index (χ1v) is 11.8. The first-order chi connectivity index (χ1) is 15.3. The molecule has 0 unspecified atom stereocenters. The van der Waals surface area contributed by atoms with Crippen LogP contribution < -0.4 is 4.72 Å². The van der Waals surface area contributed by atoms with Crippen LogP contribution in [-0.2, 0) is 14.8 Å². The van der Waals surface area contributed by atoms with Gasteiger partial charge >= 0.3 is 0 Å². The second kappa shape index (κ2) is 10.6. The molecule has 0 saturated carbocycles. The highest BCUT2D eigenvalue weighted by Gasteiger charge is 2.19. The zero-order chi connectivity index (χ0) is 23.0. The predicted molar refractivity (Wildman–Crippen MR) is 129 cm³/mol. The molecule has 0 atom stereocenters. The van der Waals surface area contributed by atoms with Gasteiger partial charge in [-0.25, -0.2) is 13.1 Å². The Morgan fingerprint density at radius 1 is 0.875 bits per heavy atom. The van der Waals surface area contributed by atoms with E-state index in [2.05, 4.69) is 44.3 Å². The van der Waals surface area contributed by atoms with Gasteiger partial charge in [0.1, 0.15) is 0 Å². The summed E-state index contributed by atoms with van der Waals surface area (Å²) in [7, 11) is -4.05. The van der Waals surface area contributed by atoms with Crippen molar-refractivity contribution in [3.05, 3.63) is 112 Å². The molecule has 1 N–H and O–H groups in total. The number of amides is 1. The van der Waals surface area contributed by atoms with Crippen molar-refractivity contribution in [2.45, 2.75) is 11.8 Å². The summed E-state index contributed by atoms with van der Waals surface area (Å²) in [5.74, 6) is 10.5. The SMILES string of the molecule is Cc1ccc(S(=O)(=O)NC(=O)/C(C#Cc2ccccc2)=C/C#Cc2ccc(Br)cc2)cc1. The van der Waals surface area contributed by atoms with Crippen LogP contribution in [0.1, 0.15) is 16.7 Å². The minimum Gasteiger partial charge on any atom is -0.267 e. The fourth-order valence-electron chi connectivity index (χ4n) is 2.50. The fraction of sp³-hybridized carbons (Fsp3) is 0.0385. The topological polar surface area (TPSA) is 63.2 Å². The molecular formula is C26H18BrNO3S. The Hall–Kier alpha value is -3.58. The number of allylic oxidation sites excluding steroid dienone is 1. The van der Waals surface area contributed by atoms with E-state index in [4.69, 9.17) is 0 Å². The molecule has 0 saturated heterocycles. The van der Waals surface area contributed by atoms with Crippen molar-refractivity contribution in [1.29, 1.82) is 0 Å². The average molecular weight is 504 g/mol. The van der Waals surface area contributed by atoms with E-state index in [0.29, 0.717) is 5.56 Å². The molecule has 32 heavy (non-hydrogen) atoms. The van der Waals surface area contributed by atoms with Crippen LogP contribution >= 0.6 is 15.9 Å². The number of benzene rings is 3. The Morgan fingerprint density at radius 2 is 1.50 bits per heavy atom. The van der Waals surface area contributed by atoms with Gasteiger partial charge in [0, 0.05) is 21.7 Å². The molecule has 0 aliphatic carbocycles. The van der Waals surface area contributed by atoms with Gasteiger partial charge in [0.15, 0.2) is 0 Å². The number of carbonyl (C=O) groups is 1. The average Bonchev–Trinajstić information content (AvgIpc) is 2.78. The predicted octanol–water partition coefficient (Wildman–Crippen LogP) is 4.59. The summed E-state index contributed by atoms with van der Waals surface area (Å²) in [4.78, 5) is 12.8. The van der Waals surface area contributed by atoms with Crippen LogP contribution in [0.3, 0.4) is 0 Å². The van der Waals surface area contributed by atoms with Gasteiger partial charge < -0.3 is 0 Å². The molecule has 0 spiro atoms. The Labute approximate surface area is 196 Å². The minimum atomic E-state index is -4.05. The molecule has 1 amide bonds. The number of hydrogen-bond acceptors (Lipinski definition) is 3. The van der Waals surface area contributed by atoms with Crippen molar-refractivity contribution in [2.24, 2.45) is 0 Å². The maximum absolute atomic E-state index is 12.8. The number of sulfonamides is 1. The van der Waals surface area contributed by atoms with Crippen molar-refractivity contribution in [2.75, 3.05) is 0 Å².